The molecule has 1 heterocycles. The molecule has 4 nitrogen and oxygen atoms in total. The van der Waals surface area contributed by atoms with E-state index in [9.17, 15) is 9.18 Å². The van der Waals surface area contributed by atoms with Gasteiger partial charge in [0.1, 0.15) is 16.7 Å². The van der Waals surface area contributed by atoms with Gasteiger partial charge in [0, 0.05) is 11.3 Å². The van der Waals surface area contributed by atoms with Gasteiger partial charge >= 0.3 is 0 Å². The molecule has 1 aromatic heterocycles. The van der Waals surface area contributed by atoms with Crippen LogP contribution >= 0.6 is 11.8 Å². The molecule has 1 aliphatic rings. The third-order valence-corrected chi connectivity index (χ3v) is 4.51. The van der Waals surface area contributed by atoms with Crippen LogP contribution in [0.1, 0.15) is 23.5 Å². The number of aromatic nitrogens is 2. The highest BCUT2D eigenvalue weighted by Gasteiger charge is 2.19. The summed E-state index contributed by atoms with van der Waals surface area (Å²) in [6.45, 7) is 1.86. The molecule has 0 saturated carbocycles. The van der Waals surface area contributed by atoms with Crippen molar-refractivity contribution < 1.29 is 9.18 Å². The van der Waals surface area contributed by atoms with Crippen LogP contribution in [0.2, 0.25) is 0 Å². The SMILES string of the molecule is Cc1nc2c(c(SCC(=O)Nc3ccccc3F)n1)CCC2. The van der Waals surface area contributed by atoms with E-state index in [1.54, 1.807) is 18.2 Å². The summed E-state index contributed by atoms with van der Waals surface area (Å²) in [5, 5.41) is 3.46. The van der Waals surface area contributed by atoms with Gasteiger partial charge in [-0.25, -0.2) is 14.4 Å². The smallest absolute Gasteiger partial charge is 0.234 e. The van der Waals surface area contributed by atoms with Crippen molar-refractivity contribution in [1.29, 1.82) is 0 Å². The first-order chi connectivity index (χ1) is 10.6. The van der Waals surface area contributed by atoms with Crippen LogP contribution in [0.4, 0.5) is 10.1 Å². The van der Waals surface area contributed by atoms with Crippen molar-refractivity contribution in [1.82, 2.24) is 9.97 Å². The van der Waals surface area contributed by atoms with Gasteiger partial charge in [0.05, 0.1) is 11.4 Å². The van der Waals surface area contributed by atoms with E-state index in [4.69, 9.17) is 0 Å². The van der Waals surface area contributed by atoms with Crippen LogP contribution in [0.3, 0.4) is 0 Å². The fourth-order valence-electron chi connectivity index (χ4n) is 2.52. The summed E-state index contributed by atoms with van der Waals surface area (Å²) in [4.78, 5) is 20.9. The maximum atomic E-state index is 13.5. The van der Waals surface area contributed by atoms with Gasteiger partial charge in [-0.3, -0.25) is 4.79 Å². The van der Waals surface area contributed by atoms with Crippen molar-refractivity contribution in [3.63, 3.8) is 0 Å². The number of carbonyl (C=O) groups is 1. The molecule has 3 rings (SSSR count). The molecule has 6 heteroatoms. The number of carbonyl (C=O) groups excluding carboxylic acids is 1. The number of nitrogens with zero attached hydrogens (tertiary/aromatic N) is 2. The predicted molar refractivity (Wildman–Crippen MR) is 84.5 cm³/mol. The fraction of sp³-hybridized carbons (Fsp3) is 0.312. The lowest BCUT2D eigenvalue weighted by Gasteiger charge is -2.09. The van der Waals surface area contributed by atoms with Gasteiger partial charge in [-0.15, -0.1) is 0 Å². The number of para-hydroxylation sites is 1. The normalized spacial score (nSPS) is 13.0. The Morgan fingerprint density at radius 3 is 2.95 bits per heavy atom. The van der Waals surface area contributed by atoms with Gasteiger partial charge in [0.15, 0.2) is 0 Å². The number of benzene rings is 1. The van der Waals surface area contributed by atoms with E-state index in [1.165, 1.54) is 17.8 Å². The molecule has 114 valence electrons. The highest BCUT2D eigenvalue weighted by atomic mass is 32.2. The lowest BCUT2D eigenvalue weighted by molar-refractivity contribution is -0.113. The predicted octanol–water partition coefficient (Wildman–Crippen LogP) is 3.14. The van der Waals surface area contributed by atoms with Gasteiger partial charge in [-0.2, -0.15) is 0 Å². The van der Waals surface area contributed by atoms with E-state index in [0.29, 0.717) is 0 Å². The van der Waals surface area contributed by atoms with Gasteiger partial charge in [0.25, 0.3) is 0 Å². The van der Waals surface area contributed by atoms with Crippen molar-refractivity contribution in [2.24, 2.45) is 0 Å². The van der Waals surface area contributed by atoms with Gasteiger partial charge in [-0.1, -0.05) is 23.9 Å². The number of aryl methyl sites for hydroxylation is 2. The zero-order chi connectivity index (χ0) is 15.5. The molecule has 1 aromatic carbocycles. The Kier molecular flexibility index (Phi) is 4.38. The first-order valence-corrected chi connectivity index (χ1v) is 8.15. The molecule has 0 fully saturated rings. The topological polar surface area (TPSA) is 54.9 Å². The summed E-state index contributed by atoms with van der Waals surface area (Å²) in [6.07, 6.45) is 3.03. The van der Waals surface area contributed by atoms with Crippen molar-refractivity contribution in [2.75, 3.05) is 11.1 Å². The third-order valence-electron chi connectivity index (χ3n) is 3.49. The summed E-state index contributed by atoms with van der Waals surface area (Å²) >= 11 is 1.39. The lowest BCUT2D eigenvalue weighted by Crippen LogP contribution is -2.15. The Balaban J connectivity index is 1.66. The van der Waals surface area contributed by atoms with E-state index < -0.39 is 5.82 Å². The molecule has 1 amide bonds. The number of anilines is 1. The largest absolute Gasteiger partial charge is 0.323 e. The van der Waals surface area contributed by atoms with E-state index >= 15 is 0 Å². The lowest BCUT2D eigenvalue weighted by atomic mass is 10.3. The number of hydrogen-bond donors (Lipinski definition) is 1. The van der Waals surface area contributed by atoms with E-state index in [2.05, 4.69) is 15.3 Å². The average molecular weight is 317 g/mol. The summed E-state index contributed by atoms with van der Waals surface area (Å²) < 4.78 is 13.5. The molecular weight excluding hydrogens is 301 g/mol. The molecule has 0 bridgehead atoms. The molecule has 0 unspecified atom stereocenters. The Morgan fingerprint density at radius 2 is 2.14 bits per heavy atom. The maximum absolute atomic E-state index is 13.5. The quantitative estimate of drug-likeness (QED) is 0.695. The first-order valence-electron chi connectivity index (χ1n) is 7.17. The number of halogens is 1. The number of rotatable bonds is 4. The zero-order valence-electron chi connectivity index (χ0n) is 12.2. The Labute approximate surface area is 132 Å². The van der Waals surface area contributed by atoms with Crippen molar-refractivity contribution >= 4 is 23.4 Å². The molecule has 0 atom stereocenters. The molecule has 0 aliphatic heterocycles. The van der Waals surface area contributed by atoms with E-state index in [0.717, 1.165) is 41.4 Å². The standard InChI is InChI=1S/C16H16FN3OS/c1-10-18-13-8-4-5-11(13)16(19-10)22-9-15(21)20-14-7-3-2-6-12(14)17/h2-3,6-7H,4-5,8-9H2,1H3,(H,20,21). The molecular formula is C16H16FN3OS. The second-order valence-electron chi connectivity index (χ2n) is 5.17. The Morgan fingerprint density at radius 1 is 1.32 bits per heavy atom. The minimum atomic E-state index is -0.431. The van der Waals surface area contributed by atoms with Crippen LogP contribution in [0, 0.1) is 12.7 Å². The number of hydrogen-bond acceptors (Lipinski definition) is 4. The first kappa shape index (κ1) is 15.0. The molecule has 2 aromatic rings. The number of thioether (sulfide) groups is 1. The molecule has 1 aliphatic carbocycles. The highest BCUT2D eigenvalue weighted by Crippen LogP contribution is 2.29. The minimum Gasteiger partial charge on any atom is -0.323 e. The molecule has 0 radical (unpaired) electrons. The molecule has 1 N–H and O–H groups in total. The summed E-state index contributed by atoms with van der Waals surface area (Å²) in [5.41, 5.74) is 2.47. The second kappa shape index (κ2) is 6.44. The number of nitrogens with one attached hydrogen (secondary N) is 1. The van der Waals surface area contributed by atoms with E-state index in [1.807, 2.05) is 6.92 Å². The number of amides is 1. The van der Waals surface area contributed by atoms with Crippen molar-refractivity contribution in [3.05, 3.63) is 47.2 Å². The summed E-state index contributed by atoms with van der Waals surface area (Å²) in [6, 6.07) is 6.15. The third kappa shape index (κ3) is 3.27. The minimum absolute atomic E-state index is 0.206. The molecule has 22 heavy (non-hydrogen) atoms. The van der Waals surface area contributed by atoms with Crippen LogP contribution in [-0.2, 0) is 17.6 Å². The monoisotopic (exact) mass is 317 g/mol. The zero-order valence-corrected chi connectivity index (χ0v) is 13.0. The van der Waals surface area contributed by atoms with E-state index in [-0.39, 0.29) is 17.3 Å². The van der Waals surface area contributed by atoms with Crippen LogP contribution in [-0.4, -0.2) is 21.6 Å². The molecule has 0 spiro atoms. The van der Waals surface area contributed by atoms with Crippen LogP contribution in [0.15, 0.2) is 29.3 Å². The van der Waals surface area contributed by atoms with Crippen molar-refractivity contribution in [3.8, 4) is 0 Å². The Bertz CT molecular complexity index is 721. The second-order valence-corrected chi connectivity index (χ2v) is 6.14. The highest BCUT2D eigenvalue weighted by molar-refractivity contribution is 8.00. The molecule has 0 saturated heterocycles. The number of fused-ring (bicyclic) bond motifs is 1. The average Bonchev–Trinajstić information content (AvgIpc) is 2.95. The van der Waals surface area contributed by atoms with Crippen LogP contribution in [0.25, 0.3) is 0 Å². The summed E-state index contributed by atoms with van der Waals surface area (Å²) in [5.74, 6) is 0.271. The van der Waals surface area contributed by atoms with Crippen LogP contribution in [0.5, 0.6) is 0 Å². The maximum Gasteiger partial charge on any atom is 0.234 e. The van der Waals surface area contributed by atoms with Crippen molar-refractivity contribution in [2.45, 2.75) is 31.2 Å². The fourth-order valence-corrected chi connectivity index (χ4v) is 3.45. The van der Waals surface area contributed by atoms with Gasteiger partial charge < -0.3 is 5.32 Å². The van der Waals surface area contributed by atoms with Gasteiger partial charge in [0.2, 0.25) is 5.91 Å². The van der Waals surface area contributed by atoms with Crippen LogP contribution < -0.4 is 5.32 Å². The Hall–Kier alpha value is -1.95. The summed E-state index contributed by atoms with van der Waals surface area (Å²) in [7, 11) is 0. The van der Waals surface area contributed by atoms with Gasteiger partial charge in [-0.05, 0) is 38.3 Å².